The summed E-state index contributed by atoms with van der Waals surface area (Å²) < 4.78 is 0. The predicted octanol–water partition coefficient (Wildman–Crippen LogP) is 4.52. The number of nitrogens with zero attached hydrogens (tertiary/aromatic N) is 3. The van der Waals surface area contributed by atoms with Crippen molar-refractivity contribution < 1.29 is 14.5 Å². The molecule has 0 aliphatic carbocycles. The Balaban J connectivity index is 1.43. The zero-order valence-corrected chi connectivity index (χ0v) is 19.2. The number of thioether (sulfide) groups is 1. The van der Waals surface area contributed by atoms with E-state index in [1.54, 1.807) is 43.0 Å². The van der Waals surface area contributed by atoms with Gasteiger partial charge in [0.05, 0.1) is 16.4 Å². The van der Waals surface area contributed by atoms with Gasteiger partial charge in [0.25, 0.3) is 11.6 Å². The maximum absolute atomic E-state index is 12.5. The Bertz CT molecular complexity index is 1250. The van der Waals surface area contributed by atoms with Crippen LogP contribution in [-0.2, 0) is 11.3 Å². The second kappa shape index (κ2) is 10.3. The minimum absolute atomic E-state index is 0.0430. The molecular formula is C25H22N4O4S. The number of hydrogen-bond acceptors (Lipinski definition) is 6. The van der Waals surface area contributed by atoms with Crippen LogP contribution in [0.2, 0.25) is 0 Å². The number of carbonyl (C=O) groups is 2. The summed E-state index contributed by atoms with van der Waals surface area (Å²) in [5.41, 5.74) is 5.88. The highest BCUT2D eigenvalue weighted by Gasteiger charge is 2.32. The van der Waals surface area contributed by atoms with E-state index in [4.69, 9.17) is 0 Å². The van der Waals surface area contributed by atoms with Gasteiger partial charge in [0.2, 0.25) is 5.91 Å². The summed E-state index contributed by atoms with van der Waals surface area (Å²) in [6.07, 6.45) is 0. The minimum atomic E-state index is -0.478. The van der Waals surface area contributed by atoms with Crippen LogP contribution in [0.4, 0.5) is 5.69 Å². The number of non-ortho nitro benzene ring substituents is 1. The van der Waals surface area contributed by atoms with E-state index in [0.717, 1.165) is 11.1 Å². The molecule has 0 bridgehead atoms. The second-order valence-electron chi connectivity index (χ2n) is 7.74. The van der Waals surface area contributed by atoms with Gasteiger partial charge in [-0.1, -0.05) is 54.6 Å². The van der Waals surface area contributed by atoms with Crippen molar-refractivity contribution in [1.82, 2.24) is 10.3 Å². The molecule has 3 aromatic carbocycles. The first kappa shape index (κ1) is 23.2. The van der Waals surface area contributed by atoms with Gasteiger partial charge in [0.1, 0.15) is 5.37 Å². The average Bonchev–Trinajstić information content (AvgIpc) is 3.23. The quantitative estimate of drug-likeness (QED) is 0.308. The maximum atomic E-state index is 12.5. The molecule has 0 spiro atoms. The molecule has 1 aliphatic heterocycles. The molecule has 1 fully saturated rings. The third kappa shape index (κ3) is 5.32. The first-order valence-electron chi connectivity index (χ1n) is 10.6. The molecule has 1 atom stereocenters. The highest BCUT2D eigenvalue weighted by atomic mass is 32.2. The molecule has 172 valence electrons. The van der Waals surface area contributed by atoms with Crippen LogP contribution in [0.3, 0.4) is 0 Å². The van der Waals surface area contributed by atoms with Gasteiger partial charge in [0, 0.05) is 29.8 Å². The topological polar surface area (TPSA) is 105 Å². The second-order valence-corrected chi connectivity index (χ2v) is 8.81. The van der Waals surface area contributed by atoms with Crippen molar-refractivity contribution in [3.63, 3.8) is 0 Å². The third-order valence-corrected chi connectivity index (χ3v) is 6.68. The Morgan fingerprint density at radius 3 is 2.53 bits per heavy atom. The van der Waals surface area contributed by atoms with Gasteiger partial charge in [-0.3, -0.25) is 19.7 Å². The molecule has 4 rings (SSSR count). The Morgan fingerprint density at radius 1 is 1.09 bits per heavy atom. The smallest absolute Gasteiger partial charge is 0.271 e. The summed E-state index contributed by atoms with van der Waals surface area (Å²) in [6.45, 7) is 2.20. The van der Waals surface area contributed by atoms with E-state index in [9.17, 15) is 19.7 Å². The van der Waals surface area contributed by atoms with Gasteiger partial charge >= 0.3 is 0 Å². The Morgan fingerprint density at radius 2 is 1.82 bits per heavy atom. The van der Waals surface area contributed by atoms with Crippen LogP contribution >= 0.6 is 11.8 Å². The van der Waals surface area contributed by atoms with E-state index >= 15 is 0 Å². The van der Waals surface area contributed by atoms with Crippen LogP contribution in [0.15, 0.2) is 84.0 Å². The first-order valence-corrected chi connectivity index (χ1v) is 11.6. The van der Waals surface area contributed by atoms with E-state index in [1.807, 2.05) is 47.4 Å². The lowest BCUT2D eigenvalue weighted by atomic mass is 10.1. The van der Waals surface area contributed by atoms with Crippen molar-refractivity contribution in [2.75, 3.05) is 5.75 Å². The third-order valence-electron chi connectivity index (χ3n) is 5.42. The van der Waals surface area contributed by atoms with Gasteiger partial charge in [-0.2, -0.15) is 5.10 Å². The summed E-state index contributed by atoms with van der Waals surface area (Å²) in [5, 5.41) is 14.9. The lowest BCUT2D eigenvalue weighted by Gasteiger charge is -2.24. The Hall–Kier alpha value is -3.98. The molecule has 0 saturated carbocycles. The van der Waals surface area contributed by atoms with Crippen LogP contribution in [0.25, 0.3) is 0 Å². The standard InChI is InChI=1S/C25H22N4O4S/c1-17(21-8-5-9-22(14-21)29(32)33)26-27-24(31)19-10-12-20(13-11-19)25-28(23(30)16-34-25)15-18-6-3-2-4-7-18/h2-14,25H,15-16H2,1H3,(H,27,31)/b26-17-/t25-/m1/s1. The van der Waals surface area contributed by atoms with Gasteiger partial charge < -0.3 is 4.90 Å². The summed E-state index contributed by atoms with van der Waals surface area (Å²) in [7, 11) is 0. The molecule has 1 N–H and O–H groups in total. The lowest BCUT2D eigenvalue weighted by Crippen LogP contribution is -2.27. The van der Waals surface area contributed by atoms with Crippen molar-refractivity contribution >= 4 is 35.0 Å². The molecule has 0 unspecified atom stereocenters. The van der Waals surface area contributed by atoms with Crippen LogP contribution < -0.4 is 5.43 Å². The van der Waals surface area contributed by atoms with Crippen molar-refractivity contribution in [2.45, 2.75) is 18.8 Å². The Labute approximate surface area is 200 Å². The number of benzene rings is 3. The monoisotopic (exact) mass is 474 g/mol. The molecule has 1 saturated heterocycles. The summed E-state index contributed by atoms with van der Waals surface area (Å²) in [6, 6.07) is 23.0. The van der Waals surface area contributed by atoms with Crippen LogP contribution in [0.1, 0.15) is 39.3 Å². The number of nitro benzene ring substituents is 1. The number of rotatable bonds is 7. The maximum Gasteiger partial charge on any atom is 0.271 e. The number of amides is 2. The van der Waals surface area contributed by atoms with E-state index in [1.165, 1.54) is 12.1 Å². The molecule has 34 heavy (non-hydrogen) atoms. The van der Waals surface area contributed by atoms with Gasteiger partial charge in [0.15, 0.2) is 0 Å². The van der Waals surface area contributed by atoms with Crippen LogP contribution in [0.5, 0.6) is 0 Å². The molecule has 2 amide bonds. The van der Waals surface area contributed by atoms with Crippen molar-refractivity contribution in [3.8, 4) is 0 Å². The summed E-state index contributed by atoms with van der Waals surface area (Å²) >= 11 is 1.57. The zero-order chi connectivity index (χ0) is 24.1. The minimum Gasteiger partial charge on any atom is -0.322 e. The fourth-order valence-electron chi connectivity index (χ4n) is 3.59. The number of hydrogen-bond donors (Lipinski definition) is 1. The van der Waals surface area contributed by atoms with Gasteiger partial charge in [-0.25, -0.2) is 5.43 Å². The summed E-state index contributed by atoms with van der Waals surface area (Å²) in [5.74, 6) is 0.116. The normalized spacial score (nSPS) is 15.9. The molecule has 3 aromatic rings. The molecule has 1 aliphatic rings. The van der Waals surface area contributed by atoms with E-state index in [0.29, 0.717) is 29.1 Å². The van der Waals surface area contributed by atoms with Crippen molar-refractivity contribution in [2.24, 2.45) is 5.10 Å². The largest absolute Gasteiger partial charge is 0.322 e. The Kier molecular flexibility index (Phi) is 7.03. The lowest BCUT2D eigenvalue weighted by molar-refractivity contribution is -0.384. The number of nitrogens with one attached hydrogen (secondary N) is 1. The zero-order valence-electron chi connectivity index (χ0n) is 18.4. The highest BCUT2D eigenvalue weighted by Crippen LogP contribution is 2.39. The van der Waals surface area contributed by atoms with Crippen molar-refractivity contribution in [3.05, 3.63) is 111 Å². The fourth-order valence-corrected chi connectivity index (χ4v) is 4.78. The number of hydrazone groups is 1. The van der Waals surface area contributed by atoms with E-state index < -0.39 is 10.8 Å². The van der Waals surface area contributed by atoms with Crippen molar-refractivity contribution in [1.29, 1.82) is 0 Å². The summed E-state index contributed by atoms with van der Waals surface area (Å²) in [4.78, 5) is 37.3. The molecule has 1 heterocycles. The number of nitro groups is 1. The fraction of sp³-hybridized carbons (Fsp3) is 0.160. The van der Waals surface area contributed by atoms with E-state index in [-0.39, 0.29) is 17.0 Å². The first-order chi connectivity index (χ1) is 16.4. The highest BCUT2D eigenvalue weighted by molar-refractivity contribution is 8.00. The molecular weight excluding hydrogens is 452 g/mol. The van der Waals surface area contributed by atoms with Crippen LogP contribution in [-0.4, -0.2) is 33.1 Å². The molecule has 8 nitrogen and oxygen atoms in total. The average molecular weight is 475 g/mol. The molecule has 0 radical (unpaired) electrons. The van der Waals surface area contributed by atoms with Crippen LogP contribution in [0, 0.1) is 10.1 Å². The van der Waals surface area contributed by atoms with Gasteiger partial charge in [-0.15, -0.1) is 11.8 Å². The number of carbonyl (C=O) groups excluding carboxylic acids is 2. The molecule has 0 aromatic heterocycles. The molecule has 9 heteroatoms. The van der Waals surface area contributed by atoms with E-state index in [2.05, 4.69) is 10.5 Å². The van der Waals surface area contributed by atoms with Gasteiger partial charge in [-0.05, 0) is 30.2 Å². The predicted molar refractivity (Wildman–Crippen MR) is 131 cm³/mol. The SMILES string of the molecule is C/C(=N/NC(=O)c1ccc([C@H]2SCC(=O)N2Cc2ccccc2)cc1)c1cccc([N+](=O)[O-])c1.